The van der Waals surface area contributed by atoms with E-state index in [2.05, 4.69) is 0 Å². The molecule has 18 heavy (non-hydrogen) atoms. The quantitative estimate of drug-likeness (QED) is 0.777. The first-order valence-electron chi connectivity index (χ1n) is 5.91. The van der Waals surface area contributed by atoms with Gasteiger partial charge in [-0.25, -0.2) is 13.6 Å². The van der Waals surface area contributed by atoms with Gasteiger partial charge in [0, 0.05) is 13.0 Å². The molecular formula is C13H14F2O3. The van der Waals surface area contributed by atoms with Gasteiger partial charge in [-0.2, -0.15) is 0 Å². The van der Waals surface area contributed by atoms with Gasteiger partial charge in [-0.3, -0.25) is 0 Å². The molecule has 0 N–H and O–H groups in total. The van der Waals surface area contributed by atoms with Crippen LogP contribution in [0.4, 0.5) is 8.78 Å². The second-order valence-electron chi connectivity index (χ2n) is 4.16. The highest BCUT2D eigenvalue weighted by molar-refractivity contribution is 5.89. The lowest BCUT2D eigenvalue weighted by atomic mass is 10.2. The second kappa shape index (κ2) is 5.91. The van der Waals surface area contributed by atoms with Crippen LogP contribution in [-0.4, -0.2) is 25.3 Å². The molecule has 1 atom stereocenters. The first-order chi connectivity index (χ1) is 8.68. The molecule has 1 aliphatic rings. The van der Waals surface area contributed by atoms with E-state index in [1.807, 2.05) is 0 Å². The standard InChI is InChI=1S/C13H14F2O3/c14-11-5-1-4-10(12(11)15)13(16)18-8-6-9-3-2-7-17-9/h1,4-5,9H,2-3,6-8H2/t9-/m1/s1. The van der Waals surface area contributed by atoms with E-state index in [1.165, 1.54) is 12.1 Å². The van der Waals surface area contributed by atoms with Crippen molar-refractivity contribution in [2.24, 2.45) is 0 Å². The molecule has 0 unspecified atom stereocenters. The van der Waals surface area contributed by atoms with Gasteiger partial charge in [0.05, 0.1) is 18.3 Å². The van der Waals surface area contributed by atoms with Crippen molar-refractivity contribution in [1.82, 2.24) is 0 Å². The molecule has 0 bridgehead atoms. The number of benzene rings is 1. The third-order valence-electron chi connectivity index (χ3n) is 2.87. The number of ether oxygens (including phenoxy) is 2. The third kappa shape index (κ3) is 3.04. The normalized spacial score (nSPS) is 18.9. The van der Waals surface area contributed by atoms with Gasteiger partial charge in [0.25, 0.3) is 0 Å². The van der Waals surface area contributed by atoms with Gasteiger partial charge >= 0.3 is 5.97 Å². The Balaban J connectivity index is 1.85. The number of esters is 1. The lowest BCUT2D eigenvalue weighted by molar-refractivity contribution is 0.0380. The molecule has 1 aliphatic heterocycles. The molecule has 0 aliphatic carbocycles. The first-order valence-corrected chi connectivity index (χ1v) is 5.91. The molecule has 0 spiro atoms. The van der Waals surface area contributed by atoms with Gasteiger partial charge in [0.15, 0.2) is 11.6 Å². The molecule has 0 radical (unpaired) electrons. The van der Waals surface area contributed by atoms with E-state index in [0.717, 1.165) is 25.5 Å². The van der Waals surface area contributed by atoms with Crippen molar-refractivity contribution in [1.29, 1.82) is 0 Å². The molecule has 98 valence electrons. The van der Waals surface area contributed by atoms with Crippen molar-refractivity contribution in [2.75, 3.05) is 13.2 Å². The van der Waals surface area contributed by atoms with Crippen LogP contribution in [0, 0.1) is 11.6 Å². The van der Waals surface area contributed by atoms with Crippen LogP contribution in [0.25, 0.3) is 0 Å². The fourth-order valence-corrected chi connectivity index (χ4v) is 1.89. The Labute approximate surface area is 104 Å². The van der Waals surface area contributed by atoms with Crippen molar-refractivity contribution in [2.45, 2.75) is 25.4 Å². The average Bonchev–Trinajstić information content (AvgIpc) is 2.85. The third-order valence-corrected chi connectivity index (χ3v) is 2.87. The lowest BCUT2D eigenvalue weighted by Gasteiger charge is -2.10. The highest BCUT2D eigenvalue weighted by Crippen LogP contribution is 2.16. The Bertz CT molecular complexity index is 428. The van der Waals surface area contributed by atoms with Gasteiger partial charge in [0.2, 0.25) is 0 Å². The maximum Gasteiger partial charge on any atom is 0.341 e. The SMILES string of the molecule is O=C(OCC[C@H]1CCCO1)c1cccc(F)c1F. The number of carbonyl (C=O) groups is 1. The highest BCUT2D eigenvalue weighted by atomic mass is 19.2. The molecule has 1 aromatic carbocycles. The smallest absolute Gasteiger partial charge is 0.341 e. The van der Waals surface area contributed by atoms with Crippen molar-refractivity contribution in [3.05, 3.63) is 35.4 Å². The second-order valence-corrected chi connectivity index (χ2v) is 4.16. The predicted octanol–water partition coefficient (Wildman–Crippen LogP) is 2.69. The minimum Gasteiger partial charge on any atom is -0.462 e. The summed E-state index contributed by atoms with van der Waals surface area (Å²) in [6.07, 6.45) is 2.65. The van der Waals surface area contributed by atoms with E-state index in [-0.39, 0.29) is 18.3 Å². The Morgan fingerprint density at radius 1 is 1.44 bits per heavy atom. The zero-order valence-electron chi connectivity index (χ0n) is 9.83. The van der Waals surface area contributed by atoms with Crippen molar-refractivity contribution < 1.29 is 23.0 Å². The van der Waals surface area contributed by atoms with Crippen LogP contribution in [-0.2, 0) is 9.47 Å². The van der Waals surface area contributed by atoms with E-state index >= 15 is 0 Å². The summed E-state index contributed by atoms with van der Waals surface area (Å²) >= 11 is 0. The van der Waals surface area contributed by atoms with Crippen LogP contribution < -0.4 is 0 Å². The maximum absolute atomic E-state index is 13.3. The van der Waals surface area contributed by atoms with E-state index in [1.54, 1.807) is 0 Å². The largest absolute Gasteiger partial charge is 0.462 e. The molecule has 3 nitrogen and oxygen atoms in total. The van der Waals surface area contributed by atoms with Crippen LogP contribution in [0.3, 0.4) is 0 Å². The molecule has 1 heterocycles. The summed E-state index contributed by atoms with van der Waals surface area (Å²) in [7, 11) is 0. The van der Waals surface area contributed by atoms with Gasteiger partial charge in [0.1, 0.15) is 0 Å². The summed E-state index contributed by atoms with van der Waals surface area (Å²) in [6, 6.07) is 3.43. The molecule has 1 aromatic rings. The highest BCUT2D eigenvalue weighted by Gasteiger charge is 2.18. The number of halogens is 2. The number of hydrogen-bond donors (Lipinski definition) is 0. The number of hydrogen-bond acceptors (Lipinski definition) is 3. The van der Waals surface area contributed by atoms with Crippen molar-refractivity contribution in [3.8, 4) is 0 Å². The zero-order valence-corrected chi connectivity index (χ0v) is 9.83. The van der Waals surface area contributed by atoms with Gasteiger partial charge in [-0.1, -0.05) is 6.07 Å². The molecule has 0 aromatic heterocycles. The summed E-state index contributed by atoms with van der Waals surface area (Å²) in [6.45, 7) is 0.886. The Kier molecular flexibility index (Phi) is 4.25. The number of rotatable bonds is 4. The summed E-state index contributed by atoms with van der Waals surface area (Å²) in [4.78, 5) is 11.5. The Hall–Kier alpha value is -1.49. The summed E-state index contributed by atoms with van der Waals surface area (Å²) in [5, 5.41) is 0. The monoisotopic (exact) mass is 256 g/mol. The molecule has 1 saturated heterocycles. The summed E-state index contributed by atoms with van der Waals surface area (Å²) < 4.78 is 36.4. The minimum atomic E-state index is -1.17. The molecule has 5 heteroatoms. The molecule has 0 amide bonds. The van der Waals surface area contributed by atoms with Gasteiger partial charge < -0.3 is 9.47 Å². The molecule has 2 rings (SSSR count). The predicted molar refractivity (Wildman–Crippen MR) is 60.2 cm³/mol. The molecular weight excluding hydrogens is 242 g/mol. The lowest BCUT2D eigenvalue weighted by Crippen LogP contribution is -2.14. The van der Waals surface area contributed by atoms with Crippen LogP contribution in [0.15, 0.2) is 18.2 Å². The summed E-state index contributed by atoms with van der Waals surface area (Å²) in [5.74, 6) is -3.06. The van der Waals surface area contributed by atoms with E-state index in [9.17, 15) is 13.6 Å². The van der Waals surface area contributed by atoms with E-state index < -0.39 is 17.6 Å². The average molecular weight is 256 g/mol. The van der Waals surface area contributed by atoms with E-state index in [4.69, 9.17) is 9.47 Å². The molecule has 1 fully saturated rings. The Morgan fingerprint density at radius 3 is 3.00 bits per heavy atom. The van der Waals surface area contributed by atoms with Crippen LogP contribution in [0.5, 0.6) is 0 Å². The van der Waals surface area contributed by atoms with E-state index in [0.29, 0.717) is 6.42 Å². The topological polar surface area (TPSA) is 35.5 Å². The molecule has 0 saturated carbocycles. The zero-order chi connectivity index (χ0) is 13.0. The van der Waals surface area contributed by atoms with Crippen molar-refractivity contribution in [3.63, 3.8) is 0 Å². The fraction of sp³-hybridized carbons (Fsp3) is 0.462. The first kappa shape index (κ1) is 13.0. The Morgan fingerprint density at radius 2 is 2.28 bits per heavy atom. The maximum atomic E-state index is 13.3. The number of carbonyl (C=O) groups excluding carboxylic acids is 1. The van der Waals surface area contributed by atoms with Gasteiger partial charge in [-0.05, 0) is 25.0 Å². The van der Waals surface area contributed by atoms with Crippen molar-refractivity contribution >= 4 is 5.97 Å². The van der Waals surface area contributed by atoms with Crippen LogP contribution in [0.2, 0.25) is 0 Å². The van der Waals surface area contributed by atoms with Crippen LogP contribution in [0.1, 0.15) is 29.6 Å². The minimum absolute atomic E-state index is 0.107. The fourth-order valence-electron chi connectivity index (χ4n) is 1.89. The van der Waals surface area contributed by atoms with Crippen LogP contribution >= 0.6 is 0 Å². The summed E-state index contributed by atoms with van der Waals surface area (Å²) in [5.41, 5.74) is -0.373. The van der Waals surface area contributed by atoms with Gasteiger partial charge in [-0.15, -0.1) is 0 Å².